The van der Waals surface area contributed by atoms with E-state index in [1.54, 1.807) is 56.9 Å². The lowest BCUT2D eigenvalue weighted by molar-refractivity contribution is -0.144. The number of nitrogens with one attached hydrogen (secondary N) is 2. The van der Waals surface area contributed by atoms with Crippen LogP contribution in [0, 0.1) is 0 Å². The molecule has 1 heterocycles. The average molecular weight is 595 g/mol. The van der Waals surface area contributed by atoms with Crippen LogP contribution in [0.4, 0.5) is 4.79 Å². The van der Waals surface area contributed by atoms with Crippen LogP contribution in [-0.4, -0.2) is 79.5 Å². The first-order valence-corrected chi connectivity index (χ1v) is 15.2. The first kappa shape index (κ1) is 31.6. The van der Waals surface area contributed by atoms with Crippen LogP contribution < -0.4 is 10.0 Å². The number of nitrogens with zero attached hydrogens (tertiary/aromatic N) is 2. The minimum atomic E-state index is -3.98. The second-order valence-electron chi connectivity index (χ2n) is 11.2. The fourth-order valence-corrected chi connectivity index (χ4v) is 6.00. The van der Waals surface area contributed by atoms with Crippen LogP contribution in [0.15, 0.2) is 41.3 Å². The molecule has 10 nitrogen and oxygen atoms in total. The Labute approximate surface area is 241 Å². The number of likely N-dealkylation sites (tertiary alicyclic amines) is 1. The van der Waals surface area contributed by atoms with Crippen molar-refractivity contribution in [3.05, 3.63) is 41.4 Å². The molecule has 3 rings (SSSR count). The maximum Gasteiger partial charge on any atom is 0.407 e. The average Bonchev–Trinajstić information content (AvgIpc) is 3.20. The number of rotatable bonds is 10. The van der Waals surface area contributed by atoms with Gasteiger partial charge in [-0.25, -0.2) is 13.2 Å². The van der Waals surface area contributed by atoms with Gasteiger partial charge in [0.1, 0.15) is 17.7 Å². The molecule has 12 heteroatoms. The van der Waals surface area contributed by atoms with Crippen molar-refractivity contribution < 1.29 is 27.5 Å². The third-order valence-corrected chi connectivity index (χ3v) is 8.30. The number of alkyl carbamates (subject to hydrolysis) is 1. The van der Waals surface area contributed by atoms with Crippen LogP contribution in [0.2, 0.25) is 5.02 Å². The molecule has 0 aromatic heterocycles. The number of amides is 3. The Balaban J connectivity index is 1.60. The predicted octanol–water partition coefficient (Wildman–Crippen LogP) is 3.91. The molecule has 40 heavy (non-hydrogen) atoms. The summed E-state index contributed by atoms with van der Waals surface area (Å²) in [5.41, 5.74) is -0.599. The quantitative estimate of drug-likeness (QED) is 0.402. The maximum absolute atomic E-state index is 13.4. The van der Waals surface area contributed by atoms with E-state index in [2.05, 4.69) is 10.0 Å². The van der Waals surface area contributed by atoms with E-state index in [1.807, 2.05) is 13.8 Å². The largest absolute Gasteiger partial charge is 0.444 e. The zero-order valence-corrected chi connectivity index (χ0v) is 25.4. The third kappa shape index (κ3) is 8.08. The predicted molar refractivity (Wildman–Crippen MR) is 155 cm³/mol. The van der Waals surface area contributed by atoms with Gasteiger partial charge in [0.05, 0.1) is 4.90 Å². The monoisotopic (exact) mass is 594 g/mol. The lowest BCUT2D eigenvalue weighted by Crippen LogP contribution is -2.52. The van der Waals surface area contributed by atoms with Gasteiger partial charge in [0.2, 0.25) is 21.8 Å². The van der Waals surface area contributed by atoms with Crippen molar-refractivity contribution in [2.45, 2.75) is 83.0 Å². The summed E-state index contributed by atoms with van der Waals surface area (Å²) in [5.74, 6) is -0.676. The highest BCUT2D eigenvalue weighted by molar-refractivity contribution is 7.89. The van der Waals surface area contributed by atoms with Gasteiger partial charge in [-0.1, -0.05) is 23.7 Å². The Morgan fingerprint density at radius 2 is 1.77 bits per heavy atom. The van der Waals surface area contributed by atoms with Gasteiger partial charge in [-0.2, -0.15) is 4.72 Å². The molecule has 0 bridgehead atoms. The first-order chi connectivity index (χ1) is 18.6. The van der Waals surface area contributed by atoms with Gasteiger partial charge in [-0.15, -0.1) is 0 Å². The van der Waals surface area contributed by atoms with Crippen LogP contribution in [0.5, 0.6) is 0 Å². The summed E-state index contributed by atoms with van der Waals surface area (Å²) in [4.78, 5) is 41.6. The van der Waals surface area contributed by atoms with Crippen LogP contribution in [0.3, 0.4) is 0 Å². The number of fused-ring (bicyclic) bond motifs is 1. The Morgan fingerprint density at radius 3 is 2.42 bits per heavy atom. The fourth-order valence-electron chi connectivity index (χ4n) is 4.56. The molecule has 2 N–H and O–H groups in total. The van der Waals surface area contributed by atoms with Crippen LogP contribution >= 0.6 is 11.6 Å². The van der Waals surface area contributed by atoms with E-state index in [4.69, 9.17) is 16.3 Å². The smallest absolute Gasteiger partial charge is 0.407 e. The lowest BCUT2D eigenvalue weighted by atomic mass is 10.1. The number of sulfonamides is 1. The Kier molecular flexibility index (Phi) is 10.1. The molecule has 0 spiro atoms. The van der Waals surface area contributed by atoms with E-state index < -0.39 is 39.7 Å². The third-order valence-electron chi connectivity index (χ3n) is 6.60. The Morgan fingerprint density at radius 1 is 1.12 bits per heavy atom. The van der Waals surface area contributed by atoms with E-state index in [0.29, 0.717) is 29.9 Å². The number of hydrogen-bond donors (Lipinski definition) is 2. The number of hydrogen-bond acceptors (Lipinski definition) is 6. The molecular weight excluding hydrogens is 556 g/mol. The maximum atomic E-state index is 13.4. The van der Waals surface area contributed by atoms with Crippen molar-refractivity contribution in [1.82, 2.24) is 19.8 Å². The summed E-state index contributed by atoms with van der Waals surface area (Å²) in [7, 11) is -3.98. The molecule has 0 saturated carbocycles. The molecule has 220 valence electrons. The minimum Gasteiger partial charge on any atom is -0.444 e. The highest BCUT2D eigenvalue weighted by Crippen LogP contribution is 2.24. The second kappa shape index (κ2) is 12.7. The Bertz CT molecular complexity index is 1360. The molecule has 2 atom stereocenters. The standard InChI is InChI=1S/C28H39ClN4O6S/c1-18(2)32(14-7-13-30-27(36)39-28(4,5)6)25(34)19(3)33-15-12-24(26(33)35)31-40(37,38)23-11-9-20-16-22(29)10-8-21(20)17-23/h8-11,16-19,24,31H,7,12-15H2,1-6H3,(H,30,36)/t19-,24-/m0/s1. The number of carbonyl (C=O) groups is 3. The zero-order chi connectivity index (χ0) is 29.8. The summed E-state index contributed by atoms with van der Waals surface area (Å²) in [5, 5.41) is 4.75. The van der Waals surface area contributed by atoms with E-state index in [-0.39, 0.29) is 29.8 Å². The van der Waals surface area contributed by atoms with Crippen molar-refractivity contribution >= 4 is 50.3 Å². The molecule has 0 aliphatic carbocycles. The molecule has 1 aliphatic heterocycles. The van der Waals surface area contributed by atoms with Gasteiger partial charge < -0.3 is 19.9 Å². The fraction of sp³-hybridized carbons (Fsp3) is 0.536. The summed E-state index contributed by atoms with van der Waals surface area (Å²) >= 11 is 6.02. The van der Waals surface area contributed by atoms with E-state index >= 15 is 0 Å². The molecule has 0 unspecified atom stereocenters. The number of benzene rings is 2. The zero-order valence-electron chi connectivity index (χ0n) is 23.9. The van der Waals surface area contributed by atoms with Gasteiger partial charge in [0.15, 0.2) is 0 Å². The summed E-state index contributed by atoms with van der Waals surface area (Å²) in [6.07, 6.45) is 0.234. The van der Waals surface area contributed by atoms with Gasteiger partial charge in [0.25, 0.3) is 0 Å². The minimum absolute atomic E-state index is 0.0451. The van der Waals surface area contributed by atoms with E-state index in [0.717, 1.165) is 5.39 Å². The normalized spacial score (nSPS) is 16.9. The Hall–Kier alpha value is -2.89. The highest BCUT2D eigenvalue weighted by Gasteiger charge is 2.40. The molecule has 2 aromatic rings. The first-order valence-electron chi connectivity index (χ1n) is 13.4. The summed E-state index contributed by atoms with van der Waals surface area (Å²) in [6, 6.07) is 7.98. The van der Waals surface area contributed by atoms with Gasteiger partial charge in [0, 0.05) is 30.7 Å². The van der Waals surface area contributed by atoms with Crippen molar-refractivity contribution in [2.75, 3.05) is 19.6 Å². The van der Waals surface area contributed by atoms with Crippen LogP contribution in [0.1, 0.15) is 54.4 Å². The highest BCUT2D eigenvalue weighted by atomic mass is 35.5. The van der Waals surface area contributed by atoms with Crippen molar-refractivity contribution in [1.29, 1.82) is 0 Å². The van der Waals surface area contributed by atoms with Gasteiger partial charge in [-0.05, 0) is 89.4 Å². The van der Waals surface area contributed by atoms with Crippen LogP contribution in [-0.2, 0) is 24.3 Å². The van der Waals surface area contributed by atoms with E-state index in [1.165, 1.54) is 17.0 Å². The van der Waals surface area contributed by atoms with Crippen LogP contribution in [0.25, 0.3) is 10.8 Å². The molecule has 2 aromatic carbocycles. The number of ether oxygens (including phenoxy) is 1. The lowest BCUT2D eigenvalue weighted by Gasteiger charge is -2.33. The summed E-state index contributed by atoms with van der Waals surface area (Å²) < 4.78 is 33.9. The van der Waals surface area contributed by atoms with Crippen molar-refractivity contribution in [3.63, 3.8) is 0 Å². The van der Waals surface area contributed by atoms with Gasteiger partial charge >= 0.3 is 6.09 Å². The molecule has 1 fully saturated rings. The summed E-state index contributed by atoms with van der Waals surface area (Å²) in [6.45, 7) is 11.7. The van der Waals surface area contributed by atoms with E-state index in [9.17, 15) is 22.8 Å². The number of halogens is 1. The topological polar surface area (TPSA) is 125 Å². The molecular formula is C28H39ClN4O6S. The van der Waals surface area contributed by atoms with Crippen molar-refractivity contribution in [3.8, 4) is 0 Å². The molecule has 1 saturated heterocycles. The van der Waals surface area contributed by atoms with Crippen molar-refractivity contribution in [2.24, 2.45) is 0 Å². The number of carbonyl (C=O) groups excluding carboxylic acids is 3. The molecule has 0 radical (unpaired) electrons. The molecule has 1 aliphatic rings. The molecule has 3 amide bonds. The SMILES string of the molecule is CC(C)N(CCCNC(=O)OC(C)(C)C)C(=O)[C@H](C)N1CC[C@H](NS(=O)(=O)c2ccc3cc(Cl)ccc3c2)C1=O. The van der Waals surface area contributed by atoms with Gasteiger partial charge in [-0.3, -0.25) is 9.59 Å². The second-order valence-corrected chi connectivity index (χ2v) is 13.4.